The number of benzene rings is 2. The van der Waals surface area contributed by atoms with Crippen LogP contribution >= 0.6 is 23.1 Å². The van der Waals surface area contributed by atoms with Crippen LogP contribution in [0.15, 0.2) is 57.2 Å². The van der Waals surface area contributed by atoms with E-state index in [1.165, 1.54) is 17.6 Å². The molecule has 0 radical (unpaired) electrons. The van der Waals surface area contributed by atoms with Crippen LogP contribution in [0.25, 0.3) is 10.2 Å². The van der Waals surface area contributed by atoms with Crippen molar-refractivity contribution in [1.29, 1.82) is 0 Å². The first-order valence-electron chi connectivity index (χ1n) is 8.97. The molecule has 3 aromatic rings. The number of hydrogen-bond donors (Lipinski definition) is 0. The third kappa shape index (κ3) is 5.16. The molecule has 9 heteroatoms. The number of nitrogens with zero attached hydrogens (tertiary/aromatic N) is 2. The normalized spacial score (nSPS) is 12.6. The molecular formula is C20H22N2O4S3. The number of fused-ring (bicyclic) bond motifs is 1. The van der Waals surface area contributed by atoms with Crippen LogP contribution in [-0.2, 0) is 21.1 Å². The molecule has 0 aliphatic rings. The predicted molar refractivity (Wildman–Crippen MR) is 118 cm³/mol. The maximum Gasteiger partial charge on any atom is 0.279 e. The number of amides is 1. The summed E-state index contributed by atoms with van der Waals surface area (Å²) in [6, 6.07) is 12.4. The van der Waals surface area contributed by atoms with Crippen molar-refractivity contribution in [1.82, 2.24) is 4.57 Å². The van der Waals surface area contributed by atoms with Gasteiger partial charge in [0.05, 0.1) is 21.7 Å². The van der Waals surface area contributed by atoms with Crippen LogP contribution in [0.2, 0.25) is 0 Å². The fourth-order valence-electron chi connectivity index (χ4n) is 2.81. The fraction of sp³-hybridized carbons (Fsp3) is 0.300. The largest absolute Gasteiger partial charge is 0.383 e. The summed E-state index contributed by atoms with van der Waals surface area (Å²) in [5, 5.41) is 0. The van der Waals surface area contributed by atoms with Crippen molar-refractivity contribution < 1.29 is 17.9 Å². The number of thioether (sulfide) groups is 1. The number of rotatable bonds is 7. The van der Waals surface area contributed by atoms with Crippen LogP contribution in [0.5, 0.6) is 0 Å². The zero-order valence-corrected chi connectivity index (χ0v) is 18.9. The van der Waals surface area contributed by atoms with Gasteiger partial charge in [-0.05, 0) is 42.2 Å². The van der Waals surface area contributed by atoms with Crippen LogP contribution in [0.3, 0.4) is 0 Å². The molecular weight excluding hydrogens is 428 g/mol. The molecule has 2 aromatic carbocycles. The molecule has 1 aromatic heterocycles. The van der Waals surface area contributed by atoms with Crippen molar-refractivity contribution in [3.63, 3.8) is 0 Å². The summed E-state index contributed by atoms with van der Waals surface area (Å²) in [5.74, 6) is 0.592. The average molecular weight is 451 g/mol. The van der Waals surface area contributed by atoms with E-state index >= 15 is 0 Å². The smallest absolute Gasteiger partial charge is 0.279 e. The summed E-state index contributed by atoms with van der Waals surface area (Å²) < 4.78 is 31.6. The second-order valence-electron chi connectivity index (χ2n) is 6.31. The monoisotopic (exact) mass is 450 g/mol. The maximum absolute atomic E-state index is 12.8. The number of sulfone groups is 1. The van der Waals surface area contributed by atoms with Crippen molar-refractivity contribution in [3.8, 4) is 0 Å². The molecule has 0 fully saturated rings. The van der Waals surface area contributed by atoms with Crippen molar-refractivity contribution in [2.24, 2.45) is 4.99 Å². The van der Waals surface area contributed by atoms with Crippen LogP contribution in [0.1, 0.15) is 17.3 Å². The van der Waals surface area contributed by atoms with Crippen molar-refractivity contribution >= 4 is 49.1 Å². The third-order valence-electron chi connectivity index (χ3n) is 4.19. The summed E-state index contributed by atoms with van der Waals surface area (Å²) in [6.45, 7) is 3.01. The zero-order chi connectivity index (χ0) is 21.0. The van der Waals surface area contributed by atoms with Crippen LogP contribution < -0.4 is 4.80 Å². The van der Waals surface area contributed by atoms with E-state index in [0.29, 0.717) is 23.5 Å². The lowest BCUT2D eigenvalue weighted by Gasteiger charge is -2.05. The minimum Gasteiger partial charge on any atom is -0.383 e. The number of aromatic nitrogens is 1. The van der Waals surface area contributed by atoms with Gasteiger partial charge in [0.25, 0.3) is 5.91 Å². The molecule has 1 heterocycles. The number of methoxy groups -OCH3 is 1. The number of hydrogen-bond acceptors (Lipinski definition) is 6. The van der Waals surface area contributed by atoms with Crippen LogP contribution in [0.4, 0.5) is 0 Å². The van der Waals surface area contributed by atoms with Crippen molar-refractivity contribution in [2.45, 2.75) is 23.3 Å². The van der Waals surface area contributed by atoms with Gasteiger partial charge in [-0.3, -0.25) is 4.79 Å². The minimum absolute atomic E-state index is 0.243. The molecule has 0 bridgehead atoms. The van der Waals surface area contributed by atoms with Gasteiger partial charge < -0.3 is 9.30 Å². The Morgan fingerprint density at radius 3 is 2.72 bits per heavy atom. The molecule has 154 valence electrons. The Morgan fingerprint density at radius 1 is 1.24 bits per heavy atom. The quantitative estimate of drug-likeness (QED) is 0.514. The summed E-state index contributed by atoms with van der Waals surface area (Å²) in [7, 11) is -1.71. The van der Waals surface area contributed by atoms with Gasteiger partial charge in [-0.1, -0.05) is 24.3 Å². The van der Waals surface area contributed by atoms with Gasteiger partial charge in [0.2, 0.25) is 0 Å². The lowest BCUT2D eigenvalue weighted by molar-refractivity contribution is 0.0997. The molecule has 1 amide bonds. The Kier molecular flexibility index (Phi) is 6.94. The lowest BCUT2D eigenvalue weighted by atomic mass is 10.2. The van der Waals surface area contributed by atoms with Gasteiger partial charge in [-0.2, -0.15) is 4.99 Å². The first kappa shape index (κ1) is 21.8. The standard InChI is InChI=1S/C20H22N2O4S3/c1-4-27-15-7-5-6-14(12-15)19(23)21-20-22(10-11-26-2)17-9-8-16(29(3,24)25)13-18(17)28-20/h5-9,12-13H,4,10-11H2,1-3H3. The summed E-state index contributed by atoms with van der Waals surface area (Å²) in [6.07, 6.45) is 1.18. The van der Waals surface area contributed by atoms with Crippen molar-refractivity contribution in [2.75, 3.05) is 25.7 Å². The van der Waals surface area contributed by atoms with Gasteiger partial charge in [-0.25, -0.2) is 8.42 Å². The van der Waals surface area contributed by atoms with E-state index in [9.17, 15) is 13.2 Å². The Morgan fingerprint density at radius 2 is 2.03 bits per heavy atom. The first-order valence-corrected chi connectivity index (χ1v) is 12.7. The molecule has 0 N–H and O–H groups in total. The number of ether oxygens (including phenoxy) is 1. The van der Waals surface area contributed by atoms with E-state index in [4.69, 9.17) is 4.74 Å². The minimum atomic E-state index is -3.32. The third-order valence-corrected chi connectivity index (χ3v) is 7.22. The van der Waals surface area contributed by atoms with E-state index in [0.717, 1.165) is 20.9 Å². The molecule has 6 nitrogen and oxygen atoms in total. The van der Waals surface area contributed by atoms with Gasteiger partial charge in [0.15, 0.2) is 14.6 Å². The number of carbonyl (C=O) groups excluding carboxylic acids is 1. The zero-order valence-electron chi connectivity index (χ0n) is 16.4. The Hall–Kier alpha value is -1.94. The molecule has 0 atom stereocenters. The first-order chi connectivity index (χ1) is 13.8. The highest BCUT2D eigenvalue weighted by Gasteiger charge is 2.13. The summed E-state index contributed by atoms with van der Waals surface area (Å²) in [5.41, 5.74) is 1.34. The van der Waals surface area contributed by atoms with E-state index in [2.05, 4.69) is 11.9 Å². The highest BCUT2D eigenvalue weighted by molar-refractivity contribution is 7.99. The number of carbonyl (C=O) groups is 1. The van der Waals surface area contributed by atoms with E-state index < -0.39 is 9.84 Å². The second-order valence-corrected chi connectivity index (χ2v) is 10.7. The molecule has 0 unspecified atom stereocenters. The molecule has 3 rings (SSSR count). The molecule has 29 heavy (non-hydrogen) atoms. The SMILES string of the molecule is CCSc1cccc(C(=O)N=c2sc3cc(S(C)(=O)=O)ccc3n2CCOC)c1. The molecule has 0 saturated carbocycles. The Balaban J connectivity index is 2.10. The fourth-order valence-corrected chi connectivity index (χ4v) is 5.34. The maximum atomic E-state index is 12.8. The Labute approximate surface area is 178 Å². The molecule has 0 spiro atoms. The summed E-state index contributed by atoms with van der Waals surface area (Å²) >= 11 is 2.96. The molecule has 0 saturated heterocycles. The van der Waals surface area contributed by atoms with Gasteiger partial charge in [0.1, 0.15) is 0 Å². The van der Waals surface area contributed by atoms with Gasteiger partial charge >= 0.3 is 0 Å². The lowest BCUT2D eigenvalue weighted by Crippen LogP contribution is -2.19. The van der Waals surface area contributed by atoms with Crippen LogP contribution in [-0.4, -0.2) is 44.6 Å². The predicted octanol–water partition coefficient (Wildman–Crippen LogP) is 3.61. The molecule has 0 aliphatic heterocycles. The summed E-state index contributed by atoms with van der Waals surface area (Å²) in [4.78, 5) is 18.9. The van der Waals surface area contributed by atoms with Crippen LogP contribution in [0, 0.1) is 0 Å². The highest BCUT2D eigenvalue weighted by Crippen LogP contribution is 2.22. The van der Waals surface area contributed by atoms with E-state index in [1.807, 2.05) is 22.8 Å². The molecule has 0 aliphatic carbocycles. The Bertz CT molecular complexity index is 1210. The van der Waals surface area contributed by atoms with E-state index in [-0.39, 0.29) is 10.8 Å². The van der Waals surface area contributed by atoms with Gasteiger partial charge in [-0.15, -0.1) is 11.8 Å². The number of thiazole rings is 1. The second kappa shape index (κ2) is 9.25. The average Bonchev–Trinajstić information content (AvgIpc) is 3.02. The van der Waals surface area contributed by atoms with Gasteiger partial charge in [0, 0.05) is 30.4 Å². The highest BCUT2D eigenvalue weighted by atomic mass is 32.2. The van der Waals surface area contributed by atoms with Crippen molar-refractivity contribution in [3.05, 3.63) is 52.8 Å². The van der Waals surface area contributed by atoms with E-state index in [1.54, 1.807) is 43.1 Å². The topological polar surface area (TPSA) is 77.7 Å².